The molecule has 2 aliphatic rings. The second-order valence-electron chi connectivity index (χ2n) is 7.96. The van der Waals surface area contributed by atoms with Crippen LogP contribution in [0.2, 0.25) is 0 Å². The number of methoxy groups -OCH3 is 2. The molecular formula is C21H27N3O4. The van der Waals surface area contributed by atoms with Gasteiger partial charge in [-0.05, 0) is 37.3 Å². The number of ether oxygens (including phenoxy) is 2. The molecule has 0 atom stereocenters. The Morgan fingerprint density at radius 2 is 1.82 bits per heavy atom. The number of amides is 1. The topological polar surface area (TPSA) is 77.7 Å². The van der Waals surface area contributed by atoms with Crippen LogP contribution in [0.4, 0.5) is 0 Å². The van der Waals surface area contributed by atoms with Gasteiger partial charge < -0.3 is 18.9 Å². The highest BCUT2D eigenvalue weighted by Gasteiger charge is 2.44. The van der Waals surface area contributed by atoms with Crippen LogP contribution in [0.1, 0.15) is 54.2 Å². The molecule has 1 aliphatic carbocycles. The predicted molar refractivity (Wildman–Crippen MR) is 103 cm³/mol. The lowest BCUT2D eigenvalue weighted by atomic mass is 9.73. The molecule has 150 valence electrons. The Hall–Kier alpha value is -2.57. The largest absolute Gasteiger partial charge is 0.497 e. The van der Waals surface area contributed by atoms with E-state index in [2.05, 4.69) is 10.1 Å². The zero-order valence-corrected chi connectivity index (χ0v) is 16.7. The molecular weight excluding hydrogens is 358 g/mol. The van der Waals surface area contributed by atoms with Gasteiger partial charge in [0.1, 0.15) is 11.5 Å². The summed E-state index contributed by atoms with van der Waals surface area (Å²) in [5.74, 6) is 3.40. The highest BCUT2D eigenvalue weighted by atomic mass is 16.5. The number of benzene rings is 1. The summed E-state index contributed by atoms with van der Waals surface area (Å²) in [5, 5.41) is 4.24. The third-order valence-corrected chi connectivity index (χ3v) is 5.98. The first-order valence-corrected chi connectivity index (χ1v) is 9.86. The van der Waals surface area contributed by atoms with Crippen molar-refractivity contribution in [2.75, 3.05) is 27.3 Å². The number of piperidine rings is 1. The normalized spacial score (nSPS) is 18.8. The number of carbonyl (C=O) groups excluding carboxylic acids is 1. The molecule has 2 aromatic rings. The fraction of sp³-hybridized carbons (Fsp3) is 0.571. The van der Waals surface area contributed by atoms with Crippen molar-refractivity contribution in [2.24, 2.45) is 5.92 Å². The van der Waals surface area contributed by atoms with Crippen LogP contribution in [-0.2, 0) is 5.41 Å². The van der Waals surface area contributed by atoms with E-state index in [1.54, 1.807) is 32.4 Å². The zero-order valence-electron chi connectivity index (χ0n) is 16.7. The molecule has 28 heavy (non-hydrogen) atoms. The van der Waals surface area contributed by atoms with E-state index in [0.29, 0.717) is 36.0 Å². The van der Waals surface area contributed by atoms with Gasteiger partial charge in [0, 0.05) is 37.1 Å². The molecule has 1 saturated carbocycles. The van der Waals surface area contributed by atoms with E-state index in [1.807, 2.05) is 11.8 Å². The number of carbonyl (C=O) groups is 1. The fourth-order valence-electron chi connectivity index (χ4n) is 4.16. The Kier molecular flexibility index (Phi) is 5.00. The van der Waals surface area contributed by atoms with Crippen molar-refractivity contribution < 1.29 is 18.8 Å². The molecule has 2 heterocycles. The van der Waals surface area contributed by atoms with Crippen molar-refractivity contribution >= 4 is 5.91 Å². The molecule has 2 fully saturated rings. The molecule has 1 aromatic heterocycles. The molecule has 7 heteroatoms. The third kappa shape index (κ3) is 3.70. The van der Waals surface area contributed by atoms with Gasteiger partial charge in [0.05, 0.1) is 14.2 Å². The summed E-state index contributed by atoms with van der Waals surface area (Å²) in [7, 11) is 3.17. The van der Waals surface area contributed by atoms with Gasteiger partial charge in [-0.3, -0.25) is 4.79 Å². The molecule has 1 aliphatic heterocycles. The first kappa shape index (κ1) is 18.8. The Morgan fingerprint density at radius 1 is 1.18 bits per heavy atom. The summed E-state index contributed by atoms with van der Waals surface area (Å²) in [6.45, 7) is 3.19. The minimum absolute atomic E-state index is 0.00140. The summed E-state index contributed by atoms with van der Waals surface area (Å²) < 4.78 is 15.9. The van der Waals surface area contributed by atoms with Crippen molar-refractivity contribution in [2.45, 2.75) is 44.4 Å². The molecule has 7 nitrogen and oxygen atoms in total. The van der Waals surface area contributed by atoms with E-state index in [-0.39, 0.29) is 11.3 Å². The maximum Gasteiger partial charge on any atom is 0.254 e. The van der Waals surface area contributed by atoms with Gasteiger partial charge in [0.2, 0.25) is 5.89 Å². The first-order chi connectivity index (χ1) is 13.5. The second kappa shape index (κ2) is 7.45. The Bertz CT molecular complexity index is 829. The zero-order chi connectivity index (χ0) is 19.7. The van der Waals surface area contributed by atoms with E-state index < -0.39 is 0 Å². The summed E-state index contributed by atoms with van der Waals surface area (Å²) in [6, 6.07) is 5.30. The first-order valence-electron chi connectivity index (χ1n) is 9.86. The minimum Gasteiger partial charge on any atom is -0.497 e. The smallest absolute Gasteiger partial charge is 0.254 e. The number of hydrogen-bond acceptors (Lipinski definition) is 6. The van der Waals surface area contributed by atoms with E-state index in [9.17, 15) is 4.79 Å². The van der Waals surface area contributed by atoms with Crippen molar-refractivity contribution in [3.05, 3.63) is 35.5 Å². The molecule has 0 radical (unpaired) electrons. The van der Waals surface area contributed by atoms with Gasteiger partial charge in [0.15, 0.2) is 5.82 Å². The fourth-order valence-corrected chi connectivity index (χ4v) is 4.16. The van der Waals surface area contributed by atoms with E-state index >= 15 is 0 Å². The van der Waals surface area contributed by atoms with Crippen LogP contribution in [0, 0.1) is 12.8 Å². The molecule has 1 aromatic carbocycles. The van der Waals surface area contributed by atoms with Crippen LogP contribution in [-0.4, -0.2) is 48.3 Å². The van der Waals surface area contributed by atoms with Crippen molar-refractivity contribution in [1.29, 1.82) is 0 Å². The highest BCUT2D eigenvalue weighted by Crippen LogP contribution is 2.46. The van der Waals surface area contributed by atoms with Crippen LogP contribution in [0.15, 0.2) is 22.7 Å². The average Bonchev–Trinajstić information content (AvgIpc) is 3.43. The molecule has 1 amide bonds. The summed E-state index contributed by atoms with van der Waals surface area (Å²) in [4.78, 5) is 19.5. The van der Waals surface area contributed by atoms with Gasteiger partial charge in [-0.1, -0.05) is 18.0 Å². The van der Waals surface area contributed by atoms with Gasteiger partial charge in [-0.2, -0.15) is 4.98 Å². The van der Waals surface area contributed by atoms with Gasteiger partial charge in [-0.15, -0.1) is 0 Å². The molecule has 0 bridgehead atoms. The number of aromatic nitrogens is 2. The van der Waals surface area contributed by atoms with E-state index in [4.69, 9.17) is 14.0 Å². The lowest BCUT2D eigenvalue weighted by Crippen LogP contribution is -2.46. The highest BCUT2D eigenvalue weighted by molar-refractivity contribution is 5.95. The number of hydrogen-bond donors (Lipinski definition) is 0. The third-order valence-electron chi connectivity index (χ3n) is 5.98. The summed E-state index contributed by atoms with van der Waals surface area (Å²) in [6.07, 6.45) is 5.36. The maximum atomic E-state index is 13.1. The number of likely N-dealkylation sites (tertiary alicyclic amines) is 1. The van der Waals surface area contributed by atoms with Crippen LogP contribution < -0.4 is 9.47 Å². The Morgan fingerprint density at radius 3 is 2.32 bits per heavy atom. The average molecular weight is 385 g/mol. The Labute approximate surface area is 165 Å². The van der Waals surface area contributed by atoms with Crippen molar-refractivity contribution in [3.63, 3.8) is 0 Å². The molecule has 0 spiro atoms. The quantitative estimate of drug-likeness (QED) is 0.759. The lowest BCUT2D eigenvalue weighted by Gasteiger charge is -2.40. The van der Waals surface area contributed by atoms with Crippen molar-refractivity contribution in [3.8, 4) is 11.5 Å². The number of nitrogens with zero attached hydrogens (tertiary/aromatic N) is 3. The lowest BCUT2D eigenvalue weighted by molar-refractivity contribution is 0.0645. The monoisotopic (exact) mass is 385 g/mol. The maximum absolute atomic E-state index is 13.1. The van der Waals surface area contributed by atoms with Crippen LogP contribution >= 0.6 is 0 Å². The predicted octanol–water partition coefficient (Wildman–Crippen LogP) is 3.37. The molecule has 1 saturated heterocycles. The standard InChI is InChI=1S/C21H27N3O4/c1-14-22-20(23-28-14)21(13-15-4-5-15)6-8-24(9-7-21)19(25)16-10-17(26-2)12-18(11-16)27-3/h10-12,15H,4-9,13H2,1-3H3. The molecule has 4 rings (SSSR count). The van der Waals surface area contributed by atoms with Crippen LogP contribution in [0.3, 0.4) is 0 Å². The van der Waals surface area contributed by atoms with Crippen molar-refractivity contribution in [1.82, 2.24) is 15.0 Å². The number of rotatable bonds is 6. The molecule has 0 unspecified atom stereocenters. The van der Waals surface area contributed by atoms with Gasteiger partial charge in [0.25, 0.3) is 5.91 Å². The molecule has 0 N–H and O–H groups in total. The van der Waals surface area contributed by atoms with E-state index in [0.717, 1.165) is 31.0 Å². The van der Waals surface area contributed by atoms with E-state index in [1.165, 1.54) is 12.8 Å². The van der Waals surface area contributed by atoms with Gasteiger partial charge in [-0.25, -0.2) is 0 Å². The summed E-state index contributed by atoms with van der Waals surface area (Å²) in [5.41, 5.74) is 0.503. The SMILES string of the molecule is COc1cc(OC)cc(C(=O)N2CCC(CC3CC3)(c3noc(C)n3)CC2)c1. The van der Waals surface area contributed by atoms with Gasteiger partial charge >= 0.3 is 0 Å². The number of aryl methyl sites for hydroxylation is 1. The minimum atomic E-state index is -0.0816. The summed E-state index contributed by atoms with van der Waals surface area (Å²) >= 11 is 0. The van der Waals surface area contributed by atoms with Crippen LogP contribution in [0.25, 0.3) is 0 Å². The second-order valence-corrected chi connectivity index (χ2v) is 7.96. The van der Waals surface area contributed by atoms with Crippen LogP contribution in [0.5, 0.6) is 11.5 Å². The Balaban J connectivity index is 1.51.